The molecule has 7 unspecified atom stereocenters. The standard InChI is InChI=1S/C39H34N2O5/c1-3-8-32(36(42)23-10-5-4-6-11-23)46-39(45)30-20-31(40-35-21(2)9-7-12-27(30)35)22-13-15-24(16-14-22)41-37(43)33-25-17-18-26(29-19-28(25)29)34(33)38(41)44/h4-7,9-18,20,25-26,28-29,32-34H,3,8,19H2,1-2H3. The molecular weight excluding hydrogens is 576 g/mol. The first kappa shape index (κ1) is 28.6. The van der Waals surface area contributed by atoms with Gasteiger partial charge in [-0.1, -0.05) is 86.2 Å². The SMILES string of the molecule is CCCC(OC(=O)c1cc(-c2ccc(N3C(=O)C4C5C=CC(C6CC56)C4C3=O)cc2)nc2c(C)cccc12)C(=O)c1ccccc1. The molecule has 46 heavy (non-hydrogen) atoms. The van der Waals surface area contributed by atoms with E-state index in [1.54, 1.807) is 42.5 Å². The lowest BCUT2D eigenvalue weighted by molar-refractivity contribution is -0.124. The molecule has 2 heterocycles. The van der Waals surface area contributed by atoms with Crippen LogP contribution in [-0.2, 0) is 14.3 Å². The summed E-state index contributed by atoms with van der Waals surface area (Å²) in [4.78, 5) is 60.6. The normalized spacial score (nSPS) is 26.2. The molecule has 0 N–H and O–H groups in total. The Hall–Kier alpha value is -4.91. The lowest BCUT2D eigenvalue weighted by Gasteiger charge is -2.37. The second-order valence-corrected chi connectivity index (χ2v) is 13.2. The lowest BCUT2D eigenvalue weighted by Crippen LogP contribution is -2.40. The first-order valence-corrected chi connectivity index (χ1v) is 16.2. The number of para-hydroxylation sites is 1. The maximum absolute atomic E-state index is 13.8. The van der Waals surface area contributed by atoms with Gasteiger partial charge in [-0.2, -0.15) is 0 Å². The summed E-state index contributed by atoms with van der Waals surface area (Å²) in [6.07, 6.45) is 5.65. The first-order valence-electron chi connectivity index (χ1n) is 16.2. The Labute approximate surface area is 267 Å². The molecule has 3 aromatic carbocycles. The summed E-state index contributed by atoms with van der Waals surface area (Å²) in [5, 5.41) is 0.643. The van der Waals surface area contributed by atoms with Gasteiger partial charge in [-0.15, -0.1) is 0 Å². The number of fused-ring (bicyclic) bond motifs is 1. The Morgan fingerprint density at radius 1 is 0.891 bits per heavy atom. The molecule has 4 aromatic rings. The van der Waals surface area contributed by atoms with Crippen molar-refractivity contribution >= 4 is 40.2 Å². The van der Waals surface area contributed by atoms with Crippen LogP contribution in [0.5, 0.6) is 0 Å². The van der Waals surface area contributed by atoms with Crippen LogP contribution in [0.2, 0.25) is 0 Å². The maximum Gasteiger partial charge on any atom is 0.339 e. The molecule has 7 nitrogen and oxygen atoms in total. The summed E-state index contributed by atoms with van der Waals surface area (Å²) in [6, 6.07) is 23.5. The zero-order valence-corrected chi connectivity index (χ0v) is 25.8. The number of anilines is 1. The molecule has 3 fully saturated rings. The molecule has 1 aromatic heterocycles. The molecule has 1 saturated heterocycles. The number of hydrogen-bond donors (Lipinski definition) is 0. The summed E-state index contributed by atoms with van der Waals surface area (Å²) < 4.78 is 5.92. The van der Waals surface area contributed by atoms with Crippen molar-refractivity contribution in [3.8, 4) is 11.3 Å². The summed E-state index contributed by atoms with van der Waals surface area (Å²) in [6.45, 7) is 3.89. The van der Waals surface area contributed by atoms with Crippen LogP contribution in [0.1, 0.15) is 52.5 Å². The van der Waals surface area contributed by atoms with E-state index in [1.165, 1.54) is 4.90 Å². The van der Waals surface area contributed by atoms with E-state index >= 15 is 0 Å². The molecule has 7 atom stereocenters. The smallest absolute Gasteiger partial charge is 0.339 e. The summed E-state index contributed by atoms with van der Waals surface area (Å²) in [5.74, 6) is -0.0758. The van der Waals surface area contributed by atoms with Crippen molar-refractivity contribution in [1.29, 1.82) is 0 Å². The number of ether oxygens (including phenoxy) is 1. The van der Waals surface area contributed by atoms with Crippen molar-refractivity contribution in [3.05, 3.63) is 108 Å². The Morgan fingerprint density at radius 3 is 2.22 bits per heavy atom. The fraction of sp³-hybridized carbons (Fsp3) is 0.308. The third-order valence-electron chi connectivity index (χ3n) is 10.5. The number of Topliss-reactive ketones (excluding diaryl/α,β-unsaturated/α-hetero) is 1. The van der Waals surface area contributed by atoms with Crippen LogP contribution in [0, 0.1) is 42.4 Å². The summed E-state index contributed by atoms with van der Waals surface area (Å²) in [7, 11) is 0. The van der Waals surface area contributed by atoms with Crippen molar-refractivity contribution in [2.45, 2.75) is 39.2 Å². The molecule has 7 heteroatoms. The van der Waals surface area contributed by atoms with Crippen molar-refractivity contribution in [2.75, 3.05) is 4.90 Å². The van der Waals surface area contributed by atoms with Crippen LogP contribution < -0.4 is 4.90 Å². The van der Waals surface area contributed by atoms with Crippen LogP contribution in [-0.4, -0.2) is 34.7 Å². The van der Waals surface area contributed by atoms with Crippen molar-refractivity contribution in [3.63, 3.8) is 0 Å². The van der Waals surface area contributed by atoms with Gasteiger partial charge in [0.25, 0.3) is 0 Å². The average molecular weight is 611 g/mol. The number of pyridine rings is 1. The number of esters is 1. The molecule has 2 saturated carbocycles. The summed E-state index contributed by atoms with van der Waals surface area (Å²) in [5.41, 5.74) is 4.22. The number of allylic oxidation sites excluding steroid dienone is 2. The highest BCUT2D eigenvalue weighted by atomic mass is 16.5. The van der Waals surface area contributed by atoms with Gasteiger partial charge in [0, 0.05) is 16.5 Å². The van der Waals surface area contributed by atoms with Crippen LogP contribution in [0.3, 0.4) is 0 Å². The molecule has 4 aliphatic carbocycles. The number of hydrogen-bond acceptors (Lipinski definition) is 6. The van der Waals surface area contributed by atoms with Gasteiger partial charge in [0.15, 0.2) is 6.10 Å². The lowest BCUT2D eigenvalue weighted by atomic mass is 9.63. The van der Waals surface area contributed by atoms with E-state index in [9.17, 15) is 19.2 Å². The zero-order chi connectivity index (χ0) is 31.7. The molecule has 0 spiro atoms. The highest BCUT2D eigenvalue weighted by Gasteiger charge is 2.67. The number of carbonyl (C=O) groups excluding carboxylic acids is 4. The number of ketones is 1. The molecule has 1 aliphatic heterocycles. The van der Waals surface area contributed by atoms with Crippen molar-refractivity contribution in [2.24, 2.45) is 35.5 Å². The van der Waals surface area contributed by atoms with Crippen LogP contribution in [0.25, 0.3) is 22.2 Å². The minimum atomic E-state index is -0.911. The van der Waals surface area contributed by atoms with Gasteiger partial charge in [0.2, 0.25) is 17.6 Å². The van der Waals surface area contributed by atoms with Gasteiger partial charge >= 0.3 is 5.97 Å². The van der Waals surface area contributed by atoms with Crippen LogP contribution in [0.4, 0.5) is 5.69 Å². The van der Waals surface area contributed by atoms with E-state index in [-0.39, 0.29) is 41.3 Å². The average Bonchev–Trinajstić information content (AvgIpc) is 3.87. The zero-order valence-electron chi connectivity index (χ0n) is 25.8. The van der Waals surface area contributed by atoms with Crippen LogP contribution in [0.15, 0.2) is 91.0 Å². The fourth-order valence-electron chi connectivity index (χ4n) is 8.19. The maximum atomic E-state index is 13.8. The predicted molar refractivity (Wildman–Crippen MR) is 174 cm³/mol. The highest BCUT2D eigenvalue weighted by molar-refractivity contribution is 6.22. The van der Waals surface area contributed by atoms with E-state index in [0.717, 1.165) is 17.5 Å². The fourth-order valence-corrected chi connectivity index (χ4v) is 8.19. The molecule has 2 bridgehead atoms. The van der Waals surface area contributed by atoms with Gasteiger partial charge in [-0.3, -0.25) is 19.3 Å². The van der Waals surface area contributed by atoms with E-state index in [1.807, 2.05) is 50.2 Å². The Kier molecular flexibility index (Phi) is 6.74. The number of amides is 2. The second-order valence-electron chi connectivity index (χ2n) is 13.2. The molecule has 0 radical (unpaired) electrons. The summed E-state index contributed by atoms with van der Waals surface area (Å²) >= 11 is 0. The number of aryl methyl sites for hydroxylation is 1. The third kappa shape index (κ3) is 4.43. The van der Waals surface area contributed by atoms with Crippen molar-refractivity contribution in [1.82, 2.24) is 4.98 Å². The minimum Gasteiger partial charge on any atom is -0.450 e. The number of carbonyl (C=O) groups is 4. The molecule has 9 rings (SSSR count). The minimum absolute atomic E-state index is 0.0939. The monoisotopic (exact) mass is 610 g/mol. The van der Waals surface area contributed by atoms with Gasteiger partial charge in [-0.25, -0.2) is 9.78 Å². The number of rotatable bonds is 8. The molecular formula is C39H34N2O5. The number of nitrogens with zero attached hydrogens (tertiary/aromatic N) is 2. The largest absolute Gasteiger partial charge is 0.450 e. The first-order chi connectivity index (χ1) is 22.4. The molecule has 2 amide bonds. The molecule has 230 valence electrons. The van der Waals surface area contributed by atoms with Gasteiger partial charge in [0.1, 0.15) is 0 Å². The van der Waals surface area contributed by atoms with E-state index in [2.05, 4.69) is 12.2 Å². The Morgan fingerprint density at radius 2 is 1.57 bits per heavy atom. The van der Waals surface area contributed by atoms with E-state index in [4.69, 9.17) is 9.72 Å². The second kappa shape index (κ2) is 10.9. The quantitative estimate of drug-likeness (QED) is 0.0925. The van der Waals surface area contributed by atoms with Crippen molar-refractivity contribution < 1.29 is 23.9 Å². The van der Waals surface area contributed by atoms with Gasteiger partial charge < -0.3 is 4.74 Å². The van der Waals surface area contributed by atoms with Gasteiger partial charge in [0.05, 0.1) is 34.3 Å². The molecule has 5 aliphatic rings. The number of benzene rings is 3. The van der Waals surface area contributed by atoms with E-state index < -0.39 is 12.1 Å². The predicted octanol–water partition coefficient (Wildman–Crippen LogP) is 6.98. The third-order valence-corrected chi connectivity index (χ3v) is 10.5. The topological polar surface area (TPSA) is 93.6 Å². The Balaban J connectivity index is 1.10. The highest BCUT2D eigenvalue weighted by Crippen LogP contribution is 2.65. The van der Waals surface area contributed by atoms with E-state index in [0.29, 0.717) is 58.1 Å². The van der Waals surface area contributed by atoms with Crippen LogP contribution >= 0.6 is 0 Å². The number of aromatic nitrogens is 1. The number of imide groups is 1. The Bertz CT molecular complexity index is 1910. The van der Waals surface area contributed by atoms with Gasteiger partial charge in [-0.05, 0) is 67.2 Å².